The second kappa shape index (κ2) is 10.2. The Balaban J connectivity index is 1.71. The van der Waals surface area contributed by atoms with Crippen LogP contribution in [-0.4, -0.2) is 4.98 Å². The molecular weight excluding hydrogens is 489 g/mol. The van der Waals surface area contributed by atoms with E-state index in [-0.39, 0.29) is 5.82 Å². The Hall–Kier alpha value is -5.08. The SMILES string of the molecule is Fc1ccc2nc(-c3ccccc3)c3c(c2c1)C(c1ccccc1)=C(c1ccccc1)CC=C3c1ccccc1. The Morgan fingerprint density at radius 1 is 0.525 bits per heavy atom. The van der Waals surface area contributed by atoms with E-state index in [1.54, 1.807) is 12.1 Å². The molecule has 0 atom stereocenters. The van der Waals surface area contributed by atoms with Crippen LogP contribution in [0.15, 0.2) is 146 Å². The van der Waals surface area contributed by atoms with Gasteiger partial charge >= 0.3 is 0 Å². The number of hydrogen-bond acceptors (Lipinski definition) is 1. The highest BCUT2D eigenvalue weighted by Gasteiger charge is 2.28. The molecule has 0 saturated carbocycles. The fourth-order valence-corrected chi connectivity index (χ4v) is 5.83. The highest BCUT2D eigenvalue weighted by atomic mass is 19.1. The highest BCUT2D eigenvalue weighted by molar-refractivity contribution is 6.13. The molecule has 1 aromatic heterocycles. The lowest BCUT2D eigenvalue weighted by atomic mass is 9.82. The topological polar surface area (TPSA) is 12.9 Å². The molecule has 1 aliphatic rings. The van der Waals surface area contributed by atoms with Crippen molar-refractivity contribution >= 4 is 27.6 Å². The van der Waals surface area contributed by atoms with Crippen LogP contribution in [0.3, 0.4) is 0 Å². The van der Waals surface area contributed by atoms with Gasteiger partial charge in [-0.3, -0.25) is 0 Å². The fourth-order valence-electron chi connectivity index (χ4n) is 5.83. The predicted octanol–water partition coefficient (Wildman–Crippen LogP) is 9.84. The highest BCUT2D eigenvalue weighted by Crippen LogP contribution is 2.48. The van der Waals surface area contributed by atoms with Crippen molar-refractivity contribution in [3.8, 4) is 11.3 Å². The van der Waals surface area contributed by atoms with Crippen LogP contribution < -0.4 is 0 Å². The molecule has 0 bridgehead atoms. The van der Waals surface area contributed by atoms with Crippen molar-refractivity contribution in [1.29, 1.82) is 0 Å². The fraction of sp³-hybridized carbons (Fsp3) is 0.0263. The lowest BCUT2D eigenvalue weighted by molar-refractivity contribution is 0.629. The molecule has 0 fully saturated rings. The van der Waals surface area contributed by atoms with Crippen LogP contribution in [0.1, 0.15) is 34.2 Å². The van der Waals surface area contributed by atoms with Gasteiger partial charge in [0.2, 0.25) is 0 Å². The number of benzene rings is 5. The van der Waals surface area contributed by atoms with Gasteiger partial charge in [0.15, 0.2) is 0 Å². The number of halogens is 1. The molecular formula is C38H26FN. The van der Waals surface area contributed by atoms with Gasteiger partial charge in [0.1, 0.15) is 5.82 Å². The van der Waals surface area contributed by atoms with E-state index in [9.17, 15) is 0 Å². The number of rotatable bonds is 4. The zero-order chi connectivity index (χ0) is 26.9. The second-order valence-corrected chi connectivity index (χ2v) is 10.0. The summed E-state index contributed by atoms with van der Waals surface area (Å²) in [7, 11) is 0. The summed E-state index contributed by atoms with van der Waals surface area (Å²) >= 11 is 0. The number of hydrogen-bond donors (Lipinski definition) is 0. The van der Waals surface area contributed by atoms with Crippen LogP contribution in [0.5, 0.6) is 0 Å². The molecule has 40 heavy (non-hydrogen) atoms. The van der Waals surface area contributed by atoms with Crippen LogP contribution in [-0.2, 0) is 0 Å². The Labute approximate surface area is 233 Å². The van der Waals surface area contributed by atoms with Crippen LogP contribution >= 0.6 is 0 Å². The molecule has 0 unspecified atom stereocenters. The maximum absolute atomic E-state index is 15.0. The molecule has 0 radical (unpaired) electrons. The first-order valence-electron chi connectivity index (χ1n) is 13.6. The normalized spacial score (nSPS) is 13.1. The van der Waals surface area contributed by atoms with E-state index >= 15 is 4.39 Å². The minimum absolute atomic E-state index is 0.271. The monoisotopic (exact) mass is 515 g/mol. The van der Waals surface area contributed by atoms with Gasteiger partial charge in [-0.2, -0.15) is 0 Å². The Kier molecular flexibility index (Phi) is 6.14. The maximum atomic E-state index is 15.0. The molecule has 0 spiro atoms. The molecule has 6 aromatic rings. The van der Waals surface area contributed by atoms with Gasteiger partial charge in [-0.15, -0.1) is 0 Å². The molecule has 7 rings (SSSR count). The van der Waals surface area contributed by atoms with E-state index in [0.717, 1.165) is 67.5 Å². The number of nitrogens with zero attached hydrogens (tertiary/aromatic N) is 1. The number of allylic oxidation sites excluding steroid dienone is 2. The zero-order valence-electron chi connectivity index (χ0n) is 21.9. The maximum Gasteiger partial charge on any atom is 0.123 e. The van der Waals surface area contributed by atoms with Gasteiger partial charge < -0.3 is 0 Å². The summed E-state index contributed by atoms with van der Waals surface area (Å²) in [6.45, 7) is 0. The van der Waals surface area contributed by atoms with Crippen molar-refractivity contribution in [2.75, 3.05) is 0 Å². The van der Waals surface area contributed by atoms with Gasteiger partial charge in [0.25, 0.3) is 0 Å². The summed E-state index contributed by atoms with van der Waals surface area (Å²) in [4.78, 5) is 5.21. The first-order valence-corrected chi connectivity index (χ1v) is 13.6. The van der Waals surface area contributed by atoms with E-state index in [0.29, 0.717) is 0 Å². The molecule has 5 aromatic carbocycles. The first-order chi connectivity index (χ1) is 19.8. The van der Waals surface area contributed by atoms with E-state index in [1.807, 2.05) is 36.4 Å². The van der Waals surface area contributed by atoms with Gasteiger partial charge in [0.05, 0.1) is 11.2 Å². The predicted molar refractivity (Wildman–Crippen MR) is 164 cm³/mol. The number of aromatic nitrogens is 1. The number of fused-ring (bicyclic) bond motifs is 3. The summed E-state index contributed by atoms with van der Waals surface area (Å²) in [5.74, 6) is -0.271. The molecule has 0 aliphatic heterocycles. The van der Waals surface area contributed by atoms with Gasteiger partial charge in [-0.1, -0.05) is 127 Å². The minimum Gasteiger partial charge on any atom is -0.247 e. The van der Waals surface area contributed by atoms with Crippen molar-refractivity contribution in [3.05, 3.63) is 179 Å². The van der Waals surface area contributed by atoms with Crippen LogP contribution in [0, 0.1) is 5.82 Å². The van der Waals surface area contributed by atoms with Gasteiger partial charge in [0, 0.05) is 22.1 Å². The van der Waals surface area contributed by atoms with E-state index in [2.05, 4.69) is 91.0 Å². The van der Waals surface area contributed by atoms with Crippen LogP contribution in [0.2, 0.25) is 0 Å². The summed E-state index contributed by atoms with van der Waals surface area (Å²) in [5.41, 5.74) is 11.5. The minimum atomic E-state index is -0.271. The molecule has 190 valence electrons. The summed E-state index contributed by atoms with van der Waals surface area (Å²) in [6, 6.07) is 46.8. The molecule has 1 nitrogen and oxygen atoms in total. The smallest absolute Gasteiger partial charge is 0.123 e. The quantitative estimate of drug-likeness (QED) is 0.228. The van der Waals surface area contributed by atoms with Crippen molar-refractivity contribution in [3.63, 3.8) is 0 Å². The second-order valence-electron chi connectivity index (χ2n) is 10.0. The third kappa shape index (κ3) is 4.24. The lowest BCUT2D eigenvalue weighted by Crippen LogP contribution is -2.04. The van der Waals surface area contributed by atoms with Crippen LogP contribution in [0.4, 0.5) is 4.39 Å². The van der Waals surface area contributed by atoms with E-state index in [4.69, 9.17) is 4.98 Å². The van der Waals surface area contributed by atoms with Crippen molar-refractivity contribution in [2.24, 2.45) is 0 Å². The lowest BCUT2D eigenvalue weighted by Gasteiger charge is -2.22. The largest absolute Gasteiger partial charge is 0.247 e. The average molecular weight is 516 g/mol. The zero-order valence-corrected chi connectivity index (χ0v) is 21.9. The van der Waals surface area contributed by atoms with Crippen molar-refractivity contribution in [2.45, 2.75) is 6.42 Å². The molecule has 0 N–H and O–H groups in total. The first kappa shape index (κ1) is 24.0. The molecule has 1 heterocycles. The Bertz CT molecular complexity index is 1890. The van der Waals surface area contributed by atoms with Crippen molar-refractivity contribution in [1.82, 2.24) is 4.98 Å². The van der Waals surface area contributed by atoms with E-state index < -0.39 is 0 Å². The van der Waals surface area contributed by atoms with E-state index in [1.165, 1.54) is 11.6 Å². The standard InChI is InChI=1S/C38H26FN/c39-30-21-24-34-33(25-30)36-35(28-17-9-3-10-18-28)31(26-13-5-1-6-14-26)22-23-32(27-15-7-2-8-16-27)37(36)38(40-34)29-19-11-4-12-20-29/h1-21,23-25H,22H2. The summed E-state index contributed by atoms with van der Waals surface area (Å²) in [5, 5.41) is 0.811. The van der Waals surface area contributed by atoms with Crippen molar-refractivity contribution < 1.29 is 4.39 Å². The molecule has 2 heteroatoms. The average Bonchev–Trinajstić information content (AvgIpc) is 3.20. The third-order valence-electron chi connectivity index (χ3n) is 7.60. The third-order valence-corrected chi connectivity index (χ3v) is 7.60. The molecule has 0 amide bonds. The summed E-state index contributed by atoms with van der Waals surface area (Å²) < 4.78 is 15.0. The van der Waals surface area contributed by atoms with Crippen LogP contribution in [0.25, 0.3) is 38.9 Å². The molecule has 0 saturated heterocycles. The summed E-state index contributed by atoms with van der Waals surface area (Å²) in [6.07, 6.45) is 3.05. The van der Waals surface area contributed by atoms with Gasteiger partial charge in [-0.25, -0.2) is 9.37 Å². The molecule has 1 aliphatic carbocycles. The van der Waals surface area contributed by atoms with Gasteiger partial charge in [-0.05, 0) is 58.0 Å². The number of pyridine rings is 1. The Morgan fingerprint density at radius 2 is 1.07 bits per heavy atom. The Morgan fingerprint density at radius 3 is 1.70 bits per heavy atom.